The Balaban J connectivity index is 1.60. The SMILES string of the molecule is CN1C[C@H](c2ccccn2)[C@@]2(SC(=S)N(Cc3ccco3)C2=O)[C@]12C(=O)Nc1ccc(F)cc12. The number of thiocarbonyl (C=S) groups is 1. The monoisotopic (exact) mass is 494 g/mol. The summed E-state index contributed by atoms with van der Waals surface area (Å²) in [5, 5.41) is 2.89. The molecule has 3 aliphatic heterocycles. The van der Waals surface area contributed by atoms with Crippen LogP contribution >= 0.6 is 24.0 Å². The zero-order chi connectivity index (χ0) is 23.7. The van der Waals surface area contributed by atoms with Crippen LogP contribution < -0.4 is 5.32 Å². The summed E-state index contributed by atoms with van der Waals surface area (Å²) >= 11 is 6.90. The summed E-state index contributed by atoms with van der Waals surface area (Å²) < 4.78 is 19.0. The molecule has 5 heterocycles. The first kappa shape index (κ1) is 21.5. The number of fused-ring (bicyclic) bond motifs is 3. The van der Waals surface area contributed by atoms with Gasteiger partial charge in [0.2, 0.25) is 5.91 Å². The number of nitrogens with zero attached hydrogens (tertiary/aromatic N) is 3. The van der Waals surface area contributed by atoms with Gasteiger partial charge in [-0.05, 0) is 49.5 Å². The zero-order valence-electron chi connectivity index (χ0n) is 18.0. The molecule has 1 N–H and O–H groups in total. The lowest BCUT2D eigenvalue weighted by atomic mass is 9.73. The average Bonchev–Trinajstić information content (AvgIpc) is 3.56. The van der Waals surface area contributed by atoms with E-state index in [0.29, 0.717) is 33.6 Å². The molecule has 0 aliphatic carbocycles. The molecule has 6 rings (SSSR count). The number of thioether (sulfide) groups is 1. The highest BCUT2D eigenvalue weighted by molar-refractivity contribution is 8.25. The predicted molar refractivity (Wildman–Crippen MR) is 128 cm³/mol. The van der Waals surface area contributed by atoms with Gasteiger partial charge >= 0.3 is 0 Å². The van der Waals surface area contributed by atoms with Crippen LogP contribution in [0.25, 0.3) is 0 Å². The molecule has 2 aromatic heterocycles. The van der Waals surface area contributed by atoms with E-state index in [1.807, 2.05) is 17.0 Å². The van der Waals surface area contributed by atoms with Crippen LogP contribution in [-0.4, -0.2) is 49.3 Å². The maximum Gasteiger partial charge on any atom is 0.251 e. The molecule has 172 valence electrons. The van der Waals surface area contributed by atoms with Crippen LogP contribution in [0.1, 0.15) is 22.9 Å². The second-order valence-corrected chi connectivity index (χ2v) is 10.5. The molecule has 2 spiro atoms. The van der Waals surface area contributed by atoms with Crippen LogP contribution in [0.4, 0.5) is 10.1 Å². The molecule has 0 bridgehead atoms. The summed E-state index contributed by atoms with van der Waals surface area (Å²) in [6, 6.07) is 13.2. The van der Waals surface area contributed by atoms with Crippen LogP contribution in [-0.2, 0) is 21.7 Å². The van der Waals surface area contributed by atoms with Crippen molar-refractivity contribution in [2.75, 3.05) is 18.9 Å². The number of likely N-dealkylation sites (N-methyl/N-ethyl adjacent to an activating group) is 1. The highest BCUT2D eigenvalue weighted by Crippen LogP contribution is 2.65. The number of nitrogens with one attached hydrogen (secondary N) is 1. The van der Waals surface area contributed by atoms with Crippen molar-refractivity contribution in [2.45, 2.75) is 22.7 Å². The van der Waals surface area contributed by atoms with Crippen molar-refractivity contribution >= 4 is 45.8 Å². The largest absolute Gasteiger partial charge is 0.467 e. The van der Waals surface area contributed by atoms with Crippen molar-refractivity contribution in [1.29, 1.82) is 0 Å². The first-order chi connectivity index (χ1) is 16.4. The number of furan rings is 1. The van der Waals surface area contributed by atoms with Crippen LogP contribution in [0, 0.1) is 5.82 Å². The fourth-order valence-electron chi connectivity index (χ4n) is 5.63. The lowest BCUT2D eigenvalue weighted by Gasteiger charge is -2.41. The number of hydrogen-bond acceptors (Lipinski definition) is 7. The topological polar surface area (TPSA) is 78.7 Å². The number of rotatable bonds is 3. The molecule has 7 nitrogen and oxygen atoms in total. The summed E-state index contributed by atoms with van der Waals surface area (Å²) in [5.41, 5.74) is 0.119. The molecule has 0 radical (unpaired) electrons. The zero-order valence-corrected chi connectivity index (χ0v) is 19.7. The van der Waals surface area contributed by atoms with Gasteiger partial charge in [-0.25, -0.2) is 4.39 Å². The Bertz CT molecular complexity index is 1340. The van der Waals surface area contributed by atoms with Crippen molar-refractivity contribution in [3.8, 4) is 0 Å². The molecule has 0 unspecified atom stereocenters. The summed E-state index contributed by atoms with van der Waals surface area (Å²) in [4.78, 5) is 36.2. The van der Waals surface area contributed by atoms with Gasteiger partial charge in [-0.2, -0.15) is 0 Å². The summed E-state index contributed by atoms with van der Waals surface area (Å²) in [5.74, 6) is -1.07. The maximum atomic E-state index is 14.5. The third-order valence-electron chi connectivity index (χ3n) is 6.98. The number of carbonyl (C=O) groups is 2. The summed E-state index contributed by atoms with van der Waals surface area (Å²) in [7, 11) is 1.79. The van der Waals surface area contributed by atoms with Crippen molar-refractivity contribution in [1.82, 2.24) is 14.8 Å². The number of amides is 2. The van der Waals surface area contributed by atoms with Gasteiger partial charge in [0.05, 0.1) is 12.8 Å². The quantitative estimate of drug-likeness (QED) is 0.559. The lowest BCUT2D eigenvalue weighted by Crippen LogP contribution is -2.61. The number of benzene rings is 1. The lowest BCUT2D eigenvalue weighted by molar-refractivity contribution is -0.138. The Labute approximate surface area is 204 Å². The van der Waals surface area contributed by atoms with Crippen molar-refractivity contribution in [3.63, 3.8) is 0 Å². The Morgan fingerprint density at radius 2 is 2.12 bits per heavy atom. The number of halogens is 1. The van der Waals surface area contributed by atoms with E-state index < -0.39 is 22.0 Å². The minimum absolute atomic E-state index is 0.145. The second kappa shape index (κ2) is 7.46. The van der Waals surface area contributed by atoms with E-state index in [4.69, 9.17) is 16.6 Å². The maximum absolute atomic E-state index is 14.5. The smallest absolute Gasteiger partial charge is 0.251 e. The number of pyridine rings is 1. The minimum Gasteiger partial charge on any atom is -0.467 e. The molecule has 2 saturated heterocycles. The predicted octanol–water partition coefficient (Wildman–Crippen LogP) is 3.49. The van der Waals surface area contributed by atoms with Gasteiger partial charge in [0.25, 0.3) is 5.91 Å². The van der Waals surface area contributed by atoms with Crippen LogP contribution in [0.3, 0.4) is 0 Å². The summed E-state index contributed by atoms with van der Waals surface area (Å²) in [6.07, 6.45) is 3.20. The fourth-order valence-corrected chi connectivity index (χ4v) is 7.75. The second-order valence-electron chi connectivity index (χ2n) is 8.62. The van der Waals surface area contributed by atoms with Crippen molar-refractivity contribution < 1.29 is 18.4 Å². The van der Waals surface area contributed by atoms with E-state index >= 15 is 0 Å². The Hall–Kier alpha value is -3.08. The molecular weight excluding hydrogens is 475 g/mol. The van der Waals surface area contributed by atoms with Gasteiger partial charge < -0.3 is 9.73 Å². The third kappa shape index (κ3) is 2.61. The molecular formula is C24H19FN4O3S2. The molecule has 3 aromatic rings. The first-order valence-corrected chi connectivity index (χ1v) is 11.9. The molecule has 1 aromatic carbocycles. The standard InChI is InChI=1S/C24H19FN4O3S2/c1-28-13-17(18-6-2-3-9-26-18)24(21(31)29(22(33)34-24)12-15-5-4-10-32-15)23(28)16-11-14(25)7-8-19(16)27-20(23)30/h2-11,17H,12-13H2,1H3,(H,27,30)/t17-,23+,24+/m1/s1. The number of likely N-dealkylation sites (tertiary alicyclic amines) is 1. The number of carbonyl (C=O) groups excluding carboxylic acids is 2. The number of aromatic nitrogens is 1. The molecule has 0 saturated carbocycles. The third-order valence-corrected chi connectivity index (χ3v) is 8.92. The molecule has 3 aliphatic rings. The van der Waals surface area contributed by atoms with Crippen molar-refractivity contribution in [3.05, 3.63) is 83.8 Å². The first-order valence-electron chi connectivity index (χ1n) is 10.7. The van der Waals surface area contributed by atoms with Crippen LogP contribution in [0.2, 0.25) is 0 Å². The highest BCUT2D eigenvalue weighted by Gasteiger charge is 2.78. The number of anilines is 1. The molecule has 10 heteroatoms. The van der Waals surface area contributed by atoms with E-state index in [0.717, 1.165) is 0 Å². The van der Waals surface area contributed by atoms with Gasteiger partial charge in [0, 0.05) is 35.6 Å². The van der Waals surface area contributed by atoms with E-state index in [2.05, 4.69) is 10.3 Å². The highest BCUT2D eigenvalue weighted by atomic mass is 32.2. The molecule has 34 heavy (non-hydrogen) atoms. The van der Waals surface area contributed by atoms with Gasteiger partial charge in [0.15, 0.2) is 5.54 Å². The van der Waals surface area contributed by atoms with Gasteiger partial charge in [-0.3, -0.25) is 24.4 Å². The molecule has 3 atom stereocenters. The van der Waals surface area contributed by atoms with Gasteiger partial charge in [-0.15, -0.1) is 0 Å². The fraction of sp³-hybridized carbons (Fsp3) is 0.250. The average molecular weight is 495 g/mol. The summed E-state index contributed by atoms with van der Waals surface area (Å²) in [6.45, 7) is 0.502. The molecule has 2 fully saturated rings. The van der Waals surface area contributed by atoms with Crippen molar-refractivity contribution in [2.24, 2.45) is 0 Å². The van der Waals surface area contributed by atoms with Crippen LogP contribution in [0.5, 0.6) is 0 Å². The van der Waals surface area contributed by atoms with Crippen LogP contribution in [0.15, 0.2) is 65.4 Å². The Kier molecular flexibility index (Phi) is 4.71. The van der Waals surface area contributed by atoms with E-state index in [1.165, 1.54) is 41.1 Å². The van der Waals surface area contributed by atoms with Gasteiger partial charge in [-0.1, -0.05) is 30.0 Å². The minimum atomic E-state index is -1.48. The van der Waals surface area contributed by atoms with E-state index in [9.17, 15) is 14.0 Å². The van der Waals surface area contributed by atoms with E-state index in [-0.39, 0.29) is 18.4 Å². The van der Waals surface area contributed by atoms with Gasteiger partial charge in [0.1, 0.15) is 20.6 Å². The normalized spacial score (nSPS) is 28.4. The Morgan fingerprint density at radius 1 is 1.26 bits per heavy atom. The number of hydrogen-bond donors (Lipinski definition) is 1. The Morgan fingerprint density at radius 3 is 2.85 bits per heavy atom. The molecule has 2 amide bonds. The van der Waals surface area contributed by atoms with E-state index in [1.54, 1.807) is 31.4 Å².